The van der Waals surface area contributed by atoms with Crippen LogP contribution in [0.15, 0.2) is 0 Å². The fourth-order valence-corrected chi connectivity index (χ4v) is 0.782. The molecule has 0 fully saturated rings. The standard InChI is InChI=1S/C10H20BO4/c1-6-13-9(12)7-14-10(4,5)11-15-8(2)3/h8H,6-7H2,1-5H3. The van der Waals surface area contributed by atoms with Gasteiger partial charge in [0.05, 0.1) is 12.1 Å². The minimum absolute atomic E-state index is 0.0568. The van der Waals surface area contributed by atoms with Gasteiger partial charge >= 0.3 is 13.5 Å². The van der Waals surface area contributed by atoms with Crippen molar-refractivity contribution in [3.8, 4) is 0 Å². The van der Waals surface area contributed by atoms with Crippen LogP contribution in [0.4, 0.5) is 0 Å². The fourth-order valence-electron chi connectivity index (χ4n) is 0.782. The van der Waals surface area contributed by atoms with Crippen molar-refractivity contribution in [1.82, 2.24) is 0 Å². The van der Waals surface area contributed by atoms with Crippen molar-refractivity contribution in [2.24, 2.45) is 0 Å². The van der Waals surface area contributed by atoms with Crippen LogP contribution in [0.2, 0.25) is 0 Å². The molecule has 0 aromatic carbocycles. The minimum atomic E-state index is -0.586. The summed E-state index contributed by atoms with van der Waals surface area (Å²) in [5.74, 6) is -0.358. The number of ether oxygens (including phenoxy) is 2. The Morgan fingerprint density at radius 2 is 2.00 bits per heavy atom. The van der Waals surface area contributed by atoms with Crippen LogP contribution in [0.5, 0.6) is 0 Å². The van der Waals surface area contributed by atoms with E-state index in [0.717, 1.165) is 0 Å². The second kappa shape index (κ2) is 6.85. The molecule has 0 aromatic heterocycles. The van der Waals surface area contributed by atoms with E-state index in [1.165, 1.54) is 0 Å². The van der Waals surface area contributed by atoms with E-state index in [9.17, 15) is 4.79 Å². The summed E-state index contributed by atoms with van der Waals surface area (Å²) in [5.41, 5.74) is -0.586. The Balaban J connectivity index is 3.77. The second-order valence-corrected chi connectivity index (χ2v) is 4.00. The van der Waals surface area contributed by atoms with Crippen LogP contribution < -0.4 is 0 Å². The highest BCUT2D eigenvalue weighted by Crippen LogP contribution is 2.08. The fraction of sp³-hybridized carbons (Fsp3) is 0.900. The van der Waals surface area contributed by atoms with Crippen molar-refractivity contribution in [3.05, 3.63) is 0 Å². The van der Waals surface area contributed by atoms with Gasteiger partial charge in [-0.1, -0.05) is 0 Å². The summed E-state index contributed by atoms with van der Waals surface area (Å²) in [4.78, 5) is 11.0. The van der Waals surface area contributed by atoms with Crippen molar-refractivity contribution in [2.75, 3.05) is 13.2 Å². The smallest absolute Gasteiger partial charge is 0.332 e. The number of esters is 1. The van der Waals surface area contributed by atoms with Gasteiger partial charge in [0.15, 0.2) is 0 Å². The molecule has 0 bridgehead atoms. The first-order valence-corrected chi connectivity index (χ1v) is 5.17. The Bertz CT molecular complexity index is 192. The molecule has 0 spiro atoms. The maximum absolute atomic E-state index is 11.0. The maximum atomic E-state index is 11.0. The topological polar surface area (TPSA) is 44.8 Å². The molecular weight excluding hydrogens is 195 g/mol. The van der Waals surface area contributed by atoms with Crippen molar-refractivity contribution in [3.63, 3.8) is 0 Å². The predicted molar refractivity (Wildman–Crippen MR) is 58.6 cm³/mol. The number of carbonyl (C=O) groups is 1. The zero-order valence-corrected chi connectivity index (χ0v) is 10.2. The molecule has 4 nitrogen and oxygen atoms in total. The molecule has 0 amide bonds. The van der Waals surface area contributed by atoms with Crippen molar-refractivity contribution < 1.29 is 18.9 Å². The average Bonchev–Trinajstić information content (AvgIpc) is 2.13. The molecule has 0 aliphatic heterocycles. The monoisotopic (exact) mass is 215 g/mol. The summed E-state index contributed by atoms with van der Waals surface area (Å²) in [7, 11) is 1.59. The van der Waals surface area contributed by atoms with E-state index < -0.39 is 5.50 Å². The Hall–Kier alpha value is -0.545. The van der Waals surface area contributed by atoms with Crippen LogP contribution in [-0.2, 0) is 18.9 Å². The first-order valence-electron chi connectivity index (χ1n) is 5.17. The summed E-state index contributed by atoms with van der Waals surface area (Å²) < 4.78 is 15.4. The summed E-state index contributed by atoms with van der Waals surface area (Å²) in [6.45, 7) is 9.59. The van der Waals surface area contributed by atoms with Gasteiger partial charge in [-0.3, -0.25) is 0 Å². The molecule has 15 heavy (non-hydrogen) atoms. The molecule has 0 unspecified atom stereocenters. The van der Waals surface area contributed by atoms with Gasteiger partial charge in [0, 0.05) is 6.10 Å². The Kier molecular flexibility index (Phi) is 6.60. The van der Waals surface area contributed by atoms with Gasteiger partial charge in [0.25, 0.3) is 0 Å². The summed E-state index contributed by atoms with van der Waals surface area (Å²) >= 11 is 0. The van der Waals surface area contributed by atoms with Gasteiger partial charge in [-0.2, -0.15) is 0 Å². The van der Waals surface area contributed by atoms with E-state index in [-0.39, 0.29) is 18.7 Å². The van der Waals surface area contributed by atoms with Crippen molar-refractivity contribution in [1.29, 1.82) is 0 Å². The van der Waals surface area contributed by atoms with E-state index in [4.69, 9.17) is 14.1 Å². The van der Waals surface area contributed by atoms with Crippen LogP contribution in [0.1, 0.15) is 34.6 Å². The molecule has 0 saturated carbocycles. The highest BCUT2D eigenvalue weighted by Gasteiger charge is 2.23. The quantitative estimate of drug-likeness (QED) is 0.475. The molecule has 0 heterocycles. The first kappa shape index (κ1) is 14.5. The van der Waals surface area contributed by atoms with Gasteiger partial charge in [-0.25, -0.2) is 4.79 Å². The molecule has 0 rings (SSSR count). The van der Waals surface area contributed by atoms with Crippen LogP contribution in [0, 0.1) is 0 Å². The van der Waals surface area contributed by atoms with Crippen LogP contribution in [0.3, 0.4) is 0 Å². The largest absolute Gasteiger partial charge is 0.464 e. The number of carbonyl (C=O) groups excluding carboxylic acids is 1. The van der Waals surface area contributed by atoms with Gasteiger partial charge < -0.3 is 14.1 Å². The van der Waals surface area contributed by atoms with E-state index in [1.807, 2.05) is 27.7 Å². The molecule has 87 valence electrons. The Labute approximate surface area is 92.5 Å². The summed E-state index contributed by atoms with van der Waals surface area (Å²) in [5, 5.41) is 0. The third kappa shape index (κ3) is 8.45. The number of hydrogen-bond donors (Lipinski definition) is 0. The zero-order valence-electron chi connectivity index (χ0n) is 10.2. The minimum Gasteiger partial charge on any atom is -0.464 e. The lowest BCUT2D eigenvalue weighted by molar-refractivity contribution is -0.151. The molecule has 0 aromatic rings. The van der Waals surface area contributed by atoms with Crippen molar-refractivity contribution in [2.45, 2.75) is 46.2 Å². The third-order valence-electron chi connectivity index (χ3n) is 1.49. The lowest BCUT2D eigenvalue weighted by atomic mass is 9.77. The van der Waals surface area contributed by atoms with Crippen LogP contribution in [-0.4, -0.2) is 38.3 Å². The van der Waals surface area contributed by atoms with Gasteiger partial charge in [0.1, 0.15) is 6.61 Å². The molecule has 0 saturated heterocycles. The van der Waals surface area contributed by atoms with E-state index in [0.29, 0.717) is 6.61 Å². The van der Waals surface area contributed by atoms with Gasteiger partial charge in [0.2, 0.25) is 0 Å². The van der Waals surface area contributed by atoms with E-state index in [1.54, 1.807) is 14.4 Å². The molecule has 5 heteroatoms. The molecule has 0 N–H and O–H groups in total. The SMILES string of the molecule is CCOC(=O)COC(C)(C)[B]OC(C)C. The van der Waals surface area contributed by atoms with E-state index in [2.05, 4.69) is 0 Å². The molecule has 0 aliphatic rings. The van der Waals surface area contributed by atoms with Crippen LogP contribution in [0.25, 0.3) is 0 Å². The second-order valence-electron chi connectivity index (χ2n) is 4.00. The van der Waals surface area contributed by atoms with Crippen LogP contribution >= 0.6 is 0 Å². The number of rotatable bonds is 7. The highest BCUT2D eigenvalue weighted by molar-refractivity contribution is 6.31. The zero-order chi connectivity index (χ0) is 11.9. The lowest BCUT2D eigenvalue weighted by Crippen LogP contribution is -2.37. The van der Waals surface area contributed by atoms with Gasteiger partial charge in [-0.05, 0) is 34.6 Å². The lowest BCUT2D eigenvalue weighted by Gasteiger charge is -2.24. The average molecular weight is 215 g/mol. The predicted octanol–water partition coefficient (Wildman–Crippen LogP) is 1.35. The van der Waals surface area contributed by atoms with Gasteiger partial charge in [-0.15, -0.1) is 0 Å². The Morgan fingerprint density at radius 3 is 2.47 bits per heavy atom. The molecule has 1 radical (unpaired) electrons. The van der Waals surface area contributed by atoms with Crippen molar-refractivity contribution >= 4 is 13.5 Å². The normalized spacial score (nSPS) is 11.6. The molecule has 0 atom stereocenters. The molecular formula is C10H20BO4. The highest BCUT2D eigenvalue weighted by atomic mass is 16.6. The van der Waals surface area contributed by atoms with E-state index >= 15 is 0 Å². The first-order chi connectivity index (χ1) is 6.87. The third-order valence-corrected chi connectivity index (χ3v) is 1.49. The summed E-state index contributed by atoms with van der Waals surface area (Å²) in [6.07, 6.45) is 0.107. The maximum Gasteiger partial charge on any atom is 0.332 e. The summed E-state index contributed by atoms with van der Waals surface area (Å²) in [6, 6.07) is 0. The Morgan fingerprint density at radius 1 is 1.40 bits per heavy atom. The molecule has 0 aliphatic carbocycles. The number of hydrogen-bond acceptors (Lipinski definition) is 4.